The number of piperidine rings is 1. The molecule has 3 aromatic carbocycles. The topological polar surface area (TPSA) is 90.9 Å². The van der Waals surface area contributed by atoms with Crippen LogP contribution in [0.4, 0.5) is 15.9 Å². The van der Waals surface area contributed by atoms with Crippen molar-refractivity contribution in [3.8, 4) is 17.2 Å². The minimum absolute atomic E-state index is 0.257. The summed E-state index contributed by atoms with van der Waals surface area (Å²) in [6, 6.07) is 23.7. The third-order valence-corrected chi connectivity index (χ3v) is 6.92. The van der Waals surface area contributed by atoms with Gasteiger partial charge in [-0.05, 0) is 87.6 Å². The Balaban J connectivity index is 1.20. The Labute approximate surface area is 219 Å². The second kappa shape index (κ2) is 10.1. The van der Waals surface area contributed by atoms with Gasteiger partial charge in [0.25, 0.3) is 5.91 Å². The average molecular weight is 510 g/mol. The Hall–Kier alpha value is -4.50. The van der Waals surface area contributed by atoms with E-state index < -0.39 is 0 Å². The molecule has 1 aliphatic heterocycles. The first-order valence-electron chi connectivity index (χ1n) is 12.7. The molecule has 0 aliphatic carbocycles. The molecule has 0 spiro atoms. The zero-order valence-corrected chi connectivity index (χ0v) is 21.0. The van der Waals surface area contributed by atoms with Gasteiger partial charge in [0.15, 0.2) is 11.6 Å². The number of fused-ring (bicyclic) bond motifs is 1. The fourth-order valence-electron chi connectivity index (χ4n) is 4.88. The number of amides is 1. The van der Waals surface area contributed by atoms with Gasteiger partial charge in [-0.15, -0.1) is 0 Å². The molecule has 38 heavy (non-hydrogen) atoms. The van der Waals surface area contributed by atoms with Gasteiger partial charge in [-0.25, -0.2) is 9.37 Å². The maximum Gasteiger partial charge on any atom is 0.256 e. The van der Waals surface area contributed by atoms with Crippen LogP contribution in [-0.2, 0) is 0 Å². The maximum atomic E-state index is 14.1. The molecule has 1 fully saturated rings. The maximum absolute atomic E-state index is 14.1. The Bertz CT molecular complexity index is 1580. The fraction of sp³-hybridized carbons (Fsp3) is 0.207. The Kier molecular flexibility index (Phi) is 6.35. The predicted molar refractivity (Wildman–Crippen MR) is 147 cm³/mol. The summed E-state index contributed by atoms with van der Waals surface area (Å²) in [6.45, 7) is 2.17. The lowest BCUT2D eigenvalue weighted by atomic mass is 10.0. The summed E-state index contributed by atoms with van der Waals surface area (Å²) in [5, 5.41) is 13.7. The van der Waals surface area contributed by atoms with Crippen LogP contribution in [0, 0.1) is 5.82 Å². The second-order valence-electron chi connectivity index (χ2n) is 9.66. The van der Waals surface area contributed by atoms with Crippen molar-refractivity contribution in [3.05, 3.63) is 90.2 Å². The molecule has 8 nitrogen and oxygen atoms in total. The monoisotopic (exact) mass is 509 g/mol. The zero-order chi connectivity index (χ0) is 26.1. The third-order valence-electron chi connectivity index (χ3n) is 6.92. The first-order valence-corrected chi connectivity index (χ1v) is 12.7. The highest BCUT2D eigenvalue weighted by molar-refractivity contribution is 6.04. The van der Waals surface area contributed by atoms with Gasteiger partial charge < -0.3 is 15.5 Å². The molecule has 1 aliphatic rings. The molecule has 3 N–H and O–H groups in total. The third kappa shape index (κ3) is 4.88. The number of benzene rings is 3. The Morgan fingerprint density at radius 2 is 1.79 bits per heavy atom. The first kappa shape index (κ1) is 23.9. The molecule has 0 saturated carbocycles. The number of nitrogens with zero attached hydrogens (tertiary/aromatic N) is 4. The SMILES string of the molecule is CN1CCC(Nc2ccc(C(=O)Nc3cc(-c4nc5ccccc5n4-c4cccc(F)c4)[nH]n3)cc2)CC1. The molecule has 3 heterocycles. The molecular formula is C29H28FN7O. The normalized spacial score (nSPS) is 14.6. The number of imidazole rings is 1. The van der Waals surface area contributed by atoms with Gasteiger partial charge in [0.2, 0.25) is 0 Å². The molecule has 5 aromatic rings. The van der Waals surface area contributed by atoms with Crippen LogP contribution in [0.15, 0.2) is 78.9 Å². The zero-order valence-electron chi connectivity index (χ0n) is 21.0. The van der Waals surface area contributed by atoms with Crippen LogP contribution in [0.25, 0.3) is 28.2 Å². The molecule has 1 saturated heterocycles. The summed E-state index contributed by atoms with van der Waals surface area (Å²) in [4.78, 5) is 20.0. The number of nitrogens with one attached hydrogen (secondary N) is 3. The van der Waals surface area contributed by atoms with Crippen molar-refractivity contribution in [2.24, 2.45) is 0 Å². The van der Waals surface area contributed by atoms with E-state index in [9.17, 15) is 9.18 Å². The van der Waals surface area contributed by atoms with Crippen molar-refractivity contribution < 1.29 is 9.18 Å². The number of carbonyl (C=O) groups excluding carboxylic acids is 1. The number of carbonyl (C=O) groups is 1. The van der Waals surface area contributed by atoms with E-state index >= 15 is 0 Å². The molecule has 9 heteroatoms. The minimum atomic E-state index is -0.337. The number of hydrogen-bond acceptors (Lipinski definition) is 5. The van der Waals surface area contributed by atoms with Crippen LogP contribution in [-0.4, -0.2) is 56.7 Å². The van der Waals surface area contributed by atoms with Crippen LogP contribution >= 0.6 is 0 Å². The molecule has 0 bridgehead atoms. The number of aromatic amines is 1. The van der Waals surface area contributed by atoms with E-state index in [2.05, 4.69) is 32.8 Å². The smallest absolute Gasteiger partial charge is 0.256 e. The van der Waals surface area contributed by atoms with Crippen LogP contribution < -0.4 is 10.6 Å². The number of aromatic nitrogens is 4. The molecule has 0 radical (unpaired) electrons. The van der Waals surface area contributed by atoms with Crippen molar-refractivity contribution in [3.63, 3.8) is 0 Å². The van der Waals surface area contributed by atoms with Gasteiger partial charge >= 0.3 is 0 Å². The van der Waals surface area contributed by atoms with Crippen LogP contribution in [0.1, 0.15) is 23.2 Å². The molecule has 192 valence electrons. The summed E-state index contributed by atoms with van der Waals surface area (Å²) < 4.78 is 15.9. The molecule has 1 amide bonds. The standard InChI is InChI=1S/C29H28FN7O/c1-36-15-13-22(14-16-36)31-21-11-9-19(10-12-21)29(38)33-27-18-25(34-35-27)28-32-24-7-2-3-8-26(24)37(28)23-6-4-5-20(30)17-23/h2-12,17-18,22,31H,13-16H2,1H3,(H2,33,34,35,38). The quantitative estimate of drug-likeness (QED) is 0.289. The second-order valence-corrected chi connectivity index (χ2v) is 9.66. The van der Waals surface area contributed by atoms with E-state index in [1.54, 1.807) is 12.1 Å². The fourth-order valence-corrected chi connectivity index (χ4v) is 4.88. The van der Waals surface area contributed by atoms with Crippen molar-refractivity contribution >= 4 is 28.4 Å². The molecule has 0 unspecified atom stereocenters. The summed E-state index contributed by atoms with van der Waals surface area (Å²) in [5.74, 6) is 0.342. The highest BCUT2D eigenvalue weighted by Gasteiger charge is 2.19. The predicted octanol–water partition coefficient (Wildman–Crippen LogP) is 5.31. The average Bonchev–Trinajstić information content (AvgIpc) is 3.55. The highest BCUT2D eigenvalue weighted by Crippen LogP contribution is 2.29. The lowest BCUT2D eigenvalue weighted by molar-refractivity contribution is 0.102. The van der Waals surface area contributed by atoms with Crippen LogP contribution in [0.3, 0.4) is 0 Å². The van der Waals surface area contributed by atoms with E-state index in [4.69, 9.17) is 4.98 Å². The lowest BCUT2D eigenvalue weighted by Gasteiger charge is -2.30. The first-order chi connectivity index (χ1) is 18.5. The largest absolute Gasteiger partial charge is 0.382 e. The molecule has 2 aromatic heterocycles. The van der Waals surface area contributed by atoms with Crippen molar-refractivity contribution in [2.75, 3.05) is 30.8 Å². The Morgan fingerprint density at radius 1 is 1.00 bits per heavy atom. The summed E-state index contributed by atoms with van der Waals surface area (Å²) in [5.41, 5.74) is 4.38. The van der Waals surface area contributed by atoms with E-state index in [0.29, 0.717) is 34.6 Å². The number of H-pyrrole nitrogens is 1. The summed E-state index contributed by atoms with van der Waals surface area (Å²) >= 11 is 0. The van der Waals surface area contributed by atoms with Crippen molar-refractivity contribution in [1.29, 1.82) is 0 Å². The Morgan fingerprint density at radius 3 is 2.58 bits per heavy atom. The van der Waals surface area contributed by atoms with Crippen molar-refractivity contribution in [2.45, 2.75) is 18.9 Å². The number of rotatable bonds is 6. The lowest BCUT2D eigenvalue weighted by Crippen LogP contribution is -2.36. The van der Waals surface area contributed by atoms with Crippen LogP contribution in [0.5, 0.6) is 0 Å². The van der Waals surface area contributed by atoms with E-state index in [0.717, 1.165) is 42.7 Å². The van der Waals surface area contributed by atoms with Gasteiger partial charge in [-0.3, -0.25) is 14.5 Å². The molecule has 6 rings (SSSR count). The molecular weight excluding hydrogens is 481 g/mol. The van der Waals surface area contributed by atoms with Gasteiger partial charge in [0, 0.05) is 23.4 Å². The van der Waals surface area contributed by atoms with Gasteiger partial charge in [0.05, 0.1) is 16.7 Å². The number of anilines is 2. The number of hydrogen-bond donors (Lipinski definition) is 3. The van der Waals surface area contributed by atoms with E-state index in [-0.39, 0.29) is 11.7 Å². The van der Waals surface area contributed by atoms with Gasteiger partial charge in [-0.1, -0.05) is 18.2 Å². The number of para-hydroxylation sites is 2. The number of likely N-dealkylation sites (tertiary alicyclic amines) is 1. The molecule has 0 atom stereocenters. The van der Waals surface area contributed by atoms with E-state index in [1.807, 2.05) is 59.2 Å². The summed E-state index contributed by atoms with van der Waals surface area (Å²) in [6.07, 6.45) is 2.21. The van der Waals surface area contributed by atoms with Crippen LogP contribution in [0.2, 0.25) is 0 Å². The van der Waals surface area contributed by atoms with Crippen molar-refractivity contribution in [1.82, 2.24) is 24.6 Å². The highest BCUT2D eigenvalue weighted by atomic mass is 19.1. The minimum Gasteiger partial charge on any atom is -0.382 e. The number of halogens is 1. The van der Waals surface area contributed by atoms with Gasteiger partial charge in [0.1, 0.15) is 11.5 Å². The summed E-state index contributed by atoms with van der Waals surface area (Å²) in [7, 11) is 2.15. The van der Waals surface area contributed by atoms with Gasteiger partial charge in [-0.2, -0.15) is 5.10 Å². The van der Waals surface area contributed by atoms with E-state index in [1.165, 1.54) is 12.1 Å².